The number of alkyl halides is 6. The van der Waals surface area contributed by atoms with E-state index in [0.717, 1.165) is 6.07 Å². The molecule has 1 unspecified atom stereocenters. The molecule has 0 spiro atoms. The molecule has 36 heavy (non-hydrogen) atoms. The van der Waals surface area contributed by atoms with Crippen molar-refractivity contribution < 1.29 is 45.8 Å². The summed E-state index contributed by atoms with van der Waals surface area (Å²) >= 11 is 0. The van der Waals surface area contributed by atoms with E-state index in [2.05, 4.69) is 14.7 Å². The van der Waals surface area contributed by atoms with Gasteiger partial charge in [0.2, 0.25) is 0 Å². The van der Waals surface area contributed by atoms with Gasteiger partial charge >= 0.3 is 23.9 Å². The number of nitrogen functional groups attached to an aromatic ring is 1. The van der Waals surface area contributed by atoms with Gasteiger partial charge in [-0.05, 0) is 32.4 Å². The number of amides is 1. The van der Waals surface area contributed by atoms with Crippen molar-refractivity contribution in [2.75, 3.05) is 5.73 Å². The molecule has 1 aromatic carbocycles. The minimum absolute atomic E-state index is 0.0507. The van der Waals surface area contributed by atoms with Crippen molar-refractivity contribution in [1.82, 2.24) is 14.4 Å². The van der Waals surface area contributed by atoms with Crippen molar-refractivity contribution in [2.45, 2.75) is 44.3 Å². The summed E-state index contributed by atoms with van der Waals surface area (Å²) in [6, 6.07) is 2.44. The molecule has 0 aliphatic rings. The Kier molecular flexibility index (Phi) is 6.20. The highest BCUT2D eigenvalue weighted by Gasteiger charge is 2.66. The number of benzene rings is 1. The van der Waals surface area contributed by atoms with Crippen LogP contribution in [0.15, 0.2) is 30.6 Å². The maximum Gasteiger partial charge on any atom is 0.490 e. The number of rotatable bonds is 5. The van der Waals surface area contributed by atoms with Crippen LogP contribution in [0.3, 0.4) is 0 Å². The molecule has 3 aromatic rings. The second-order valence-corrected chi connectivity index (χ2v) is 8.37. The van der Waals surface area contributed by atoms with Crippen LogP contribution in [0.4, 0.5) is 32.2 Å². The molecule has 0 saturated carbocycles. The lowest BCUT2D eigenvalue weighted by atomic mass is 9.88. The van der Waals surface area contributed by atoms with Crippen LogP contribution in [0.25, 0.3) is 16.9 Å². The summed E-state index contributed by atoms with van der Waals surface area (Å²) in [5, 5.41) is 10.3. The van der Waals surface area contributed by atoms with Gasteiger partial charge in [0.1, 0.15) is 5.60 Å². The van der Waals surface area contributed by atoms with Crippen LogP contribution in [-0.4, -0.2) is 43.7 Å². The Morgan fingerprint density at radius 1 is 1.11 bits per heavy atom. The molecule has 0 aliphatic heterocycles. The van der Waals surface area contributed by atoms with Crippen molar-refractivity contribution >= 4 is 23.3 Å². The highest BCUT2D eigenvalue weighted by molar-refractivity contribution is 5.90. The number of carbonyl (C=O) groups excluding carboxylic acids is 2. The number of aromatic nitrogens is 3. The molecule has 9 nitrogen and oxygen atoms in total. The highest BCUT2D eigenvalue weighted by atomic mass is 19.4. The lowest BCUT2D eigenvalue weighted by Gasteiger charge is -2.33. The molecule has 0 bridgehead atoms. The van der Waals surface area contributed by atoms with E-state index in [0.29, 0.717) is 17.7 Å². The number of anilines is 1. The third-order valence-corrected chi connectivity index (χ3v) is 5.29. The van der Waals surface area contributed by atoms with Crippen LogP contribution in [0, 0.1) is 6.92 Å². The van der Waals surface area contributed by atoms with Gasteiger partial charge in [0, 0.05) is 17.3 Å². The zero-order chi connectivity index (χ0) is 27.4. The van der Waals surface area contributed by atoms with Crippen LogP contribution < -0.4 is 11.5 Å². The monoisotopic (exact) mass is 519 g/mol. The van der Waals surface area contributed by atoms with E-state index in [1.54, 1.807) is 0 Å². The number of halogens is 6. The van der Waals surface area contributed by atoms with E-state index in [-0.39, 0.29) is 28.4 Å². The van der Waals surface area contributed by atoms with E-state index < -0.39 is 41.0 Å². The number of hydrogen-bond donors (Lipinski definition) is 3. The SMILES string of the molecule is Cc1ccc(C(OC(=O)C(F)(F)F)(C(N)=O)C(F)(F)F)cc1-c1cnc2c(N)nc(C(C)(C)O)cn12. The first-order chi connectivity index (χ1) is 16.3. The van der Waals surface area contributed by atoms with E-state index in [1.807, 2.05) is 0 Å². The number of fused-ring (bicyclic) bond motifs is 1. The zero-order valence-electron chi connectivity index (χ0n) is 18.8. The summed E-state index contributed by atoms with van der Waals surface area (Å²) in [6.07, 6.45) is -9.21. The summed E-state index contributed by atoms with van der Waals surface area (Å²) in [6.45, 7) is 4.27. The molecule has 194 valence electrons. The molecule has 2 aromatic heterocycles. The largest absolute Gasteiger partial charge is 0.490 e. The molecule has 2 heterocycles. The van der Waals surface area contributed by atoms with Crippen molar-refractivity contribution in [3.05, 3.63) is 47.4 Å². The van der Waals surface area contributed by atoms with Gasteiger partial charge in [0.25, 0.3) is 5.91 Å². The van der Waals surface area contributed by atoms with Crippen LogP contribution in [-0.2, 0) is 25.5 Å². The van der Waals surface area contributed by atoms with Crippen LogP contribution in [0.1, 0.15) is 30.7 Å². The van der Waals surface area contributed by atoms with Gasteiger partial charge in [-0.2, -0.15) is 26.3 Å². The number of esters is 1. The maximum absolute atomic E-state index is 14.1. The number of hydrogen-bond acceptors (Lipinski definition) is 7. The quantitative estimate of drug-likeness (QED) is 0.347. The standard InChI is InChI=1S/C21H19F6N5O4/c1-9-4-5-10(19(16(29)33,21(25,26)27)36-17(34)20(22,23)24)6-11(9)12-7-30-15-14(28)31-13(8-32(12)15)18(2,3)35/h4-8,35H,1-3H3,(H2,28,31)(H2,29,33). The van der Waals surface area contributed by atoms with E-state index >= 15 is 0 Å². The first-order valence-corrected chi connectivity index (χ1v) is 9.95. The number of nitrogens with zero attached hydrogens (tertiary/aromatic N) is 3. The molecule has 15 heteroatoms. The number of aryl methyl sites for hydroxylation is 1. The Balaban J connectivity index is 2.33. The van der Waals surface area contributed by atoms with Gasteiger partial charge in [0.05, 0.1) is 17.6 Å². The number of nitrogens with two attached hydrogens (primary N) is 2. The number of carbonyl (C=O) groups is 2. The van der Waals surface area contributed by atoms with E-state index in [4.69, 9.17) is 11.5 Å². The molecule has 3 rings (SSSR count). The summed E-state index contributed by atoms with van der Waals surface area (Å²) in [7, 11) is 0. The van der Waals surface area contributed by atoms with Crippen LogP contribution in [0.5, 0.6) is 0 Å². The topological polar surface area (TPSA) is 146 Å². The zero-order valence-corrected chi connectivity index (χ0v) is 18.8. The van der Waals surface area contributed by atoms with E-state index in [9.17, 15) is 41.0 Å². The molecular formula is C21H19F6N5O4. The molecule has 0 radical (unpaired) electrons. The third-order valence-electron chi connectivity index (χ3n) is 5.29. The fourth-order valence-corrected chi connectivity index (χ4v) is 3.43. The van der Waals surface area contributed by atoms with Gasteiger partial charge in [0.15, 0.2) is 11.5 Å². The molecule has 1 amide bonds. The number of primary amides is 1. The second-order valence-electron chi connectivity index (χ2n) is 8.37. The highest BCUT2D eigenvalue weighted by Crippen LogP contribution is 2.45. The lowest BCUT2D eigenvalue weighted by molar-refractivity contribution is -0.280. The molecule has 0 saturated heterocycles. The predicted molar refractivity (Wildman–Crippen MR) is 112 cm³/mol. The van der Waals surface area contributed by atoms with Gasteiger partial charge in [-0.1, -0.05) is 12.1 Å². The summed E-state index contributed by atoms with van der Waals surface area (Å²) in [5.74, 6) is -5.78. The van der Waals surface area contributed by atoms with Gasteiger partial charge in [-0.15, -0.1) is 0 Å². The van der Waals surface area contributed by atoms with E-state index in [1.165, 1.54) is 37.6 Å². The minimum Gasteiger partial charge on any atom is -0.427 e. The average Bonchev–Trinajstić information content (AvgIpc) is 3.14. The fraction of sp³-hybridized carbons (Fsp3) is 0.333. The maximum atomic E-state index is 14.1. The van der Waals surface area contributed by atoms with Gasteiger partial charge in [-0.25, -0.2) is 14.8 Å². The first-order valence-electron chi connectivity index (χ1n) is 9.95. The normalized spacial score (nSPS) is 14.5. The Morgan fingerprint density at radius 2 is 1.72 bits per heavy atom. The molecule has 5 N–H and O–H groups in total. The summed E-state index contributed by atoms with van der Waals surface area (Å²) in [5.41, 5.74) is 4.12. The molecule has 0 fully saturated rings. The van der Waals surface area contributed by atoms with Crippen molar-refractivity contribution in [3.63, 3.8) is 0 Å². The summed E-state index contributed by atoms with van der Waals surface area (Å²) in [4.78, 5) is 31.5. The Morgan fingerprint density at radius 3 is 2.22 bits per heavy atom. The van der Waals surface area contributed by atoms with Gasteiger partial charge < -0.3 is 21.3 Å². The van der Waals surface area contributed by atoms with Gasteiger partial charge in [-0.3, -0.25) is 9.20 Å². The Hall–Kier alpha value is -3.88. The number of ether oxygens (including phenoxy) is 1. The third kappa shape index (κ3) is 4.41. The number of imidazole rings is 1. The Bertz CT molecular complexity index is 1360. The first kappa shape index (κ1) is 26.7. The van der Waals surface area contributed by atoms with Crippen molar-refractivity contribution in [3.8, 4) is 11.3 Å². The molecular weight excluding hydrogens is 500 g/mol. The predicted octanol–water partition coefficient (Wildman–Crippen LogP) is 2.86. The van der Waals surface area contributed by atoms with Crippen molar-refractivity contribution in [1.29, 1.82) is 0 Å². The smallest absolute Gasteiger partial charge is 0.427 e. The minimum atomic E-state index is -5.87. The molecule has 1 atom stereocenters. The second kappa shape index (κ2) is 8.36. The number of aliphatic hydroxyl groups is 1. The molecule has 0 aliphatic carbocycles. The fourth-order valence-electron chi connectivity index (χ4n) is 3.43. The Labute approximate surface area is 198 Å². The summed E-state index contributed by atoms with van der Waals surface area (Å²) < 4.78 is 85.8. The van der Waals surface area contributed by atoms with Crippen LogP contribution >= 0.6 is 0 Å². The van der Waals surface area contributed by atoms with Crippen LogP contribution in [0.2, 0.25) is 0 Å². The lowest BCUT2D eigenvalue weighted by Crippen LogP contribution is -2.57. The van der Waals surface area contributed by atoms with Crippen molar-refractivity contribution in [2.24, 2.45) is 5.73 Å². The average molecular weight is 519 g/mol.